The number of methoxy groups -OCH3 is 1. The van der Waals surface area contributed by atoms with Gasteiger partial charge in [0.25, 0.3) is 5.91 Å². The van der Waals surface area contributed by atoms with Crippen LogP contribution >= 0.6 is 0 Å². The summed E-state index contributed by atoms with van der Waals surface area (Å²) in [5.41, 5.74) is 1.35. The molecule has 44 heavy (non-hydrogen) atoms. The largest absolute Gasteiger partial charge is 0.493 e. The summed E-state index contributed by atoms with van der Waals surface area (Å²) < 4.78 is 32.0. The number of hydrogen-bond acceptors (Lipinski definition) is 7. The van der Waals surface area contributed by atoms with Crippen LogP contribution in [0.5, 0.6) is 17.2 Å². The number of carbonyl (C=O) groups excluding carboxylic acids is 4. The van der Waals surface area contributed by atoms with Crippen molar-refractivity contribution in [3.05, 3.63) is 53.3 Å². The molecule has 0 radical (unpaired) electrons. The number of nitrogens with one attached hydrogen (secondary N) is 2. The Kier molecular flexibility index (Phi) is 10.2. The van der Waals surface area contributed by atoms with Gasteiger partial charge in [-0.15, -0.1) is 0 Å². The van der Waals surface area contributed by atoms with Crippen molar-refractivity contribution < 1.29 is 37.8 Å². The quantitative estimate of drug-likeness (QED) is 0.547. The van der Waals surface area contributed by atoms with Gasteiger partial charge in [-0.25, -0.2) is 4.39 Å². The van der Waals surface area contributed by atoms with Crippen LogP contribution in [0.25, 0.3) is 0 Å². The molecule has 0 spiro atoms. The lowest BCUT2D eigenvalue weighted by Crippen LogP contribution is -2.59. The SMILES string of the molecule is COc1ccc2cc1OCC(=O)N[C@@H]1CN(C(=O)CN3CCCCCC3=O)CC[C@H]1Oc1cc(F)cc(c1)CNC(=O)CC2. The number of benzene rings is 2. The maximum Gasteiger partial charge on any atom is 0.258 e. The fraction of sp³-hybridized carbons (Fsp3) is 0.500. The zero-order valence-corrected chi connectivity index (χ0v) is 24.9. The van der Waals surface area contributed by atoms with E-state index in [9.17, 15) is 23.6 Å². The summed E-state index contributed by atoms with van der Waals surface area (Å²) in [5, 5.41) is 5.78. The van der Waals surface area contributed by atoms with Crippen molar-refractivity contribution in [3.8, 4) is 17.2 Å². The first-order valence-electron chi connectivity index (χ1n) is 15.1. The molecule has 3 heterocycles. The zero-order chi connectivity index (χ0) is 31.1. The molecule has 5 rings (SSSR count). The van der Waals surface area contributed by atoms with Crippen molar-refractivity contribution in [1.82, 2.24) is 20.4 Å². The Bertz CT molecular complexity index is 1390. The molecule has 0 saturated carbocycles. The van der Waals surface area contributed by atoms with Crippen LogP contribution in [0.2, 0.25) is 0 Å². The summed E-state index contributed by atoms with van der Waals surface area (Å²) in [4.78, 5) is 54.8. The molecule has 4 amide bonds. The summed E-state index contributed by atoms with van der Waals surface area (Å²) >= 11 is 0. The average molecular weight is 611 g/mol. The molecule has 2 N–H and O–H groups in total. The van der Waals surface area contributed by atoms with Gasteiger partial charge in [0.15, 0.2) is 18.1 Å². The Morgan fingerprint density at radius 1 is 1.00 bits per heavy atom. The van der Waals surface area contributed by atoms with Gasteiger partial charge in [-0.05, 0) is 54.7 Å². The highest BCUT2D eigenvalue weighted by atomic mass is 19.1. The fourth-order valence-corrected chi connectivity index (χ4v) is 5.80. The summed E-state index contributed by atoms with van der Waals surface area (Å²) in [6, 6.07) is 8.89. The van der Waals surface area contributed by atoms with Gasteiger partial charge in [0.2, 0.25) is 17.7 Å². The summed E-state index contributed by atoms with van der Waals surface area (Å²) in [7, 11) is 1.50. The number of piperidine rings is 1. The van der Waals surface area contributed by atoms with Crippen LogP contribution < -0.4 is 24.8 Å². The normalized spacial score (nSPS) is 21.7. The number of hydrogen-bond donors (Lipinski definition) is 2. The van der Waals surface area contributed by atoms with Gasteiger partial charge in [-0.1, -0.05) is 12.5 Å². The van der Waals surface area contributed by atoms with Crippen LogP contribution in [0.15, 0.2) is 36.4 Å². The van der Waals surface area contributed by atoms with Crippen molar-refractivity contribution >= 4 is 23.6 Å². The average Bonchev–Trinajstić information content (AvgIpc) is 3.21. The molecule has 2 atom stereocenters. The van der Waals surface area contributed by atoms with E-state index in [2.05, 4.69) is 10.6 Å². The van der Waals surface area contributed by atoms with E-state index in [0.717, 1.165) is 24.8 Å². The maximum atomic E-state index is 14.6. The second-order valence-electron chi connectivity index (χ2n) is 11.4. The van der Waals surface area contributed by atoms with Crippen LogP contribution in [0.4, 0.5) is 4.39 Å². The number of likely N-dealkylation sites (tertiary alicyclic amines) is 2. The zero-order valence-electron chi connectivity index (χ0n) is 24.9. The molecule has 236 valence electrons. The number of nitrogens with zero attached hydrogens (tertiary/aromatic N) is 2. The summed E-state index contributed by atoms with van der Waals surface area (Å²) in [6.07, 6.45) is 3.50. The van der Waals surface area contributed by atoms with Gasteiger partial charge in [-0.2, -0.15) is 0 Å². The third-order valence-electron chi connectivity index (χ3n) is 8.18. The van der Waals surface area contributed by atoms with E-state index in [1.807, 2.05) is 6.07 Å². The molecule has 2 saturated heterocycles. The Hall–Kier alpha value is -4.35. The Morgan fingerprint density at radius 3 is 2.70 bits per heavy atom. The number of carbonyl (C=O) groups is 4. The first-order valence-corrected chi connectivity index (χ1v) is 15.1. The molecule has 3 aliphatic rings. The monoisotopic (exact) mass is 610 g/mol. The van der Waals surface area contributed by atoms with Crippen LogP contribution in [-0.4, -0.2) is 85.5 Å². The van der Waals surface area contributed by atoms with E-state index >= 15 is 0 Å². The van der Waals surface area contributed by atoms with Crippen LogP contribution in [0, 0.1) is 5.82 Å². The first kappa shape index (κ1) is 31.1. The standard InChI is InChI=1S/C32H39FN4O7/c1-42-27-8-6-21-7-9-29(38)34-17-22-13-23(33)16-24(14-22)44-26-10-12-37(18-25(26)35-30(39)20-43-28(27)15-21)32(41)19-36-11-4-2-3-5-31(36)40/h6,8,13-16,25-26H,2-5,7,9-12,17-20H2,1H3,(H,34,38)(H,35,39)/t25-,26-/m1/s1. The highest BCUT2D eigenvalue weighted by molar-refractivity contribution is 5.85. The minimum absolute atomic E-state index is 0.0107. The van der Waals surface area contributed by atoms with Gasteiger partial charge in [0, 0.05) is 51.5 Å². The second-order valence-corrected chi connectivity index (χ2v) is 11.4. The lowest BCUT2D eigenvalue weighted by atomic mass is 10.0. The molecule has 12 heteroatoms. The van der Waals surface area contributed by atoms with Crippen LogP contribution in [-0.2, 0) is 32.1 Å². The van der Waals surface area contributed by atoms with Crippen molar-refractivity contribution in [2.24, 2.45) is 0 Å². The van der Waals surface area contributed by atoms with Gasteiger partial charge < -0.3 is 34.6 Å². The summed E-state index contributed by atoms with van der Waals surface area (Å²) in [6.45, 7) is 0.818. The molecule has 0 unspecified atom stereocenters. The lowest BCUT2D eigenvalue weighted by molar-refractivity contribution is -0.142. The number of rotatable bonds is 3. The number of fused-ring (bicyclic) bond motifs is 5. The topological polar surface area (TPSA) is 127 Å². The fourth-order valence-electron chi connectivity index (χ4n) is 5.80. The molecule has 2 aromatic carbocycles. The van der Waals surface area contributed by atoms with Crippen molar-refractivity contribution in [1.29, 1.82) is 0 Å². The third-order valence-corrected chi connectivity index (χ3v) is 8.18. The van der Waals surface area contributed by atoms with Crippen molar-refractivity contribution in [2.75, 3.05) is 39.9 Å². The highest BCUT2D eigenvalue weighted by Gasteiger charge is 2.35. The van der Waals surface area contributed by atoms with E-state index < -0.39 is 23.9 Å². The minimum Gasteiger partial charge on any atom is -0.493 e. The number of aryl methyl sites for hydroxylation is 1. The maximum absolute atomic E-state index is 14.6. The highest BCUT2D eigenvalue weighted by Crippen LogP contribution is 2.29. The van der Waals surface area contributed by atoms with Crippen molar-refractivity contribution in [3.63, 3.8) is 0 Å². The van der Waals surface area contributed by atoms with Crippen LogP contribution in [0.3, 0.4) is 0 Å². The lowest BCUT2D eigenvalue weighted by Gasteiger charge is -2.39. The molecular formula is C32H39FN4O7. The molecule has 0 aliphatic carbocycles. The second kappa shape index (κ2) is 14.4. The minimum atomic E-state index is -0.637. The van der Waals surface area contributed by atoms with Gasteiger partial charge in [-0.3, -0.25) is 19.2 Å². The molecular weight excluding hydrogens is 571 g/mol. The Labute approximate surface area is 256 Å². The Balaban J connectivity index is 1.36. The number of ether oxygens (including phenoxy) is 3. The molecule has 0 aromatic heterocycles. The van der Waals surface area contributed by atoms with Gasteiger partial charge in [0.05, 0.1) is 19.7 Å². The molecule has 2 fully saturated rings. The van der Waals surface area contributed by atoms with Gasteiger partial charge in [0.1, 0.15) is 17.7 Å². The summed E-state index contributed by atoms with van der Waals surface area (Å²) in [5.74, 6) is -0.312. The van der Waals surface area contributed by atoms with E-state index in [0.29, 0.717) is 49.4 Å². The van der Waals surface area contributed by atoms with Crippen molar-refractivity contribution in [2.45, 2.75) is 63.6 Å². The Morgan fingerprint density at radius 2 is 1.86 bits per heavy atom. The van der Waals surface area contributed by atoms with Crippen LogP contribution in [0.1, 0.15) is 49.7 Å². The smallest absolute Gasteiger partial charge is 0.258 e. The number of amides is 4. The number of halogens is 1. The van der Waals surface area contributed by atoms with E-state index in [-0.39, 0.29) is 56.1 Å². The van der Waals surface area contributed by atoms with E-state index in [1.165, 1.54) is 19.2 Å². The van der Waals surface area contributed by atoms with Gasteiger partial charge >= 0.3 is 0 Å². The third kappa shape index (κ3) is 8.18. The predicted molar refractivity (Wildman–Crippen MR) is 158 cm³/mol. The predicted octanol–water partition coefficient (Wildman–Crippen LogP) is 2.34. The molecule has 3 aliphatic heterocycles. The first-order chi connectivity index (χ1) is 21.3. The van der Waals surface area contributed by atoms with E-state index in [4.69, 9.17) is 14.2 Å². The van der Waals surface area contributed by atoms with E-state index in [1.54, 1.807) is 28.0 Å². The molecule has 4 bridgehead atoms. The molecule has 2 aromatic rings. The molecule has 11 nitrogen and oxygen atoms in total.